The Labute approximate surface area is 167 Å². The maximum absolute atomic E-state index is 13.9. The fourth-order valence-electron chi connectivity index (χ4n) is 3.81. The highest BCUT2D eigenvalue weighted by molar-refractivity contribution is 5.95. The number of nitrogens with zero attached hydrogens (tertiary/aromatic N) is 2. The van der Waals surface area contributed by atoms with E-state index in [1.165, 1.54) is 6.07 Å². The van der Waals surface area contributed by atoms with Crippen LogP contribution in [0.15, 0.2) is 42.5 Å². The second-order valence-electron chi connectivity index (χ2n) is 7.69. The van der Waals surface area contributed by atoms with Crippen LogP contribution in [0.4, 0.5) is 10.1 Å². The molecule has 5 heteroatoms. The molecule has 0 aromatic heterocycles. The monoisotopic (exact) mass is 383 g/mol. The number of rotatable bonds is 5. The SMILES string of the molecule is Cc1cccc(C)c1NC(=O)C(C)N1CCCN(Cc2ccccc2F)CC1. The van der Waals surface area contributed by atoms with Gasteiger partial charge in [-0.3, -0.25) is 14.6 Å². The Morgan fingerprint density at radius 1 is 1.04 bits per heavy atom. The highest BCUT2D eigenvalue weighted by Gasteiger charge is 2.25. The number of halogens is 1. The highest BCUT2D eigenvalue weighted by Crippen LogP contribution is 2.20. The number of carbonyl (C=O) groups is 1. The lowest BCUT2D eigenvalue weighted by molar-refractivity contribution is -0.120. The highest BCUT2D eigenvalue weighted by atomic mass is 19.1. The van der Waals surface area contributed by atoms with Gasteiger partial charge in [-0.2, -0.15) is 0 Å². The third kappa shape index (κ3) is 4.97. The molecule has 0 spiro atoms. The molecule has 4 nitrogen and oxygen atoms in total. The summed E-state index contributed by atoms with van der Waals surface area (Å²) in [7, 11) is 0. The van der Waals surface area contributed by atoms with Crippen molar-refractivity contribution < 1.29 is 9.18 Å². The minimum atomic E-state index is -0.201. The molecule has 1 amide bonds. The van der Waals surface area contributed by atoms with Gasteiger partial charge in [0.05, 0.1) is 6.04 Å². The summed E-state index contributed by atoms with van der Waals surface area (Å²) in [5, 5.41) is 3.11. The molecule has 0 aliphatic carbocycles. The van der Waals surface area contributed by atoms with Crippen molar-refractivity contribution in [2.24, 2.45) is 0 Å². The molecule has 1 heterocycles. The average Bonchev–Trinajstić information content (AvgIpc) is 2.91. The summed E-state index contributed by atoms with van der Waals surface area (Å²) in [5.74, 6) is -0.120. The molecular formula is C23H30FN3O. The van der Waals surface area contributed by atoms with Gasteiger partial charge in [0.25, 0.3) is 0 Å². The second-order valence-corrected chi connectivity index (χ2v) is 7.69. The summed E-state index contributed by atoms with van der Waals surface area (Å²) < 4.78 is 13.9. The molecule has 1 aliphatic heterocycles. The summed E-state index contributed by atoms with van der Waals surface area (Å²) in [6.07, 6.45) is 0.968. The predicted molar refractivity (Wildman–Crippen MR) is 112 cm³/mol. The summed E-state index contributed by atoms with van der Waals surface area (Å²) in [5.41, 5.74) is 3.80. The lowest BCUT2D eigenvalue weighted by atomic mass is 10.1. The van der Waals surface area contributed by atoms with Gasteiger partial charge in [-0.05, 0) is 50.9 Å². The van der Waals surface area contributed by atoms with Crippen LogP contribution in [0.3, 0.4) is 0 Å². The lowest BCUT2D eigenvalue weighted by Gasteiger charge is -2.27. The Balaban J connectivity index is 1.58. The quantitative estimate of drug-likeness (QED) is 0.848. The molecule has 2 aromatic rings. The van der Waals surface area contributed by atoms with E-state index in [-0.39, 0.29) is 17.8 Å². The molecule has 28 heavy (non-hydrogen) atoms. The van der Waals surface area contributed by atoms with E-state index in [4.69, 9.17) is 0 Å². The third-order valence-corrected chi connectivity index (χ3v) is 5.63. The second kappa shape index (κ2) is 9.30. The van der Waals surface area contributed by atoms with Gasteiger partial charge in [0, 0.05) is 37.4 Å². The van der Waals surface area contributed by atoms with Gasteiger partial charge in [0.1, 0.15) is 5.82 Å². The average molecular weight is 384 g/mol. The molecular weight excluding hydrogens is 353 g/mol. The molecule has 150 valence electrons. The Morgan fingerprint density at radius 2 is 1.75 bits per heavy atom. The molecule has 3 rings (SSSR count). The van der Waals surface area contributed by atoms with E-state index < -0.39 is 0 Å². The number of anilines is 1. The Hall–Kier alpha value is -2.24. The van der Waals surface area contributed by atoms with Crippen LogP contribution >= 0.6 is 0 Å². The first kappa shape index (κ1) is 20.5. The third-order valence-electron chi connectivity index (χ3n) is 5.63. The number of carbonyl (C=O) groups excluding carboxylic acids is 1. The van der Waals surface area contributed by atoms with Crippen molar-refractivity contribution >= 4 is 11.6 Å². The fourth-order valence-corrected chi connectivity index (χ4v) is 3.81. The van der Waals surface area contributed by atoms with Crippen molar-refractivity contribution in [2.75, 3.05) is 31.5 Å². The normalized spacial score (nSPS) is 17.1. The van der Waals surface area contributed by atoms with Crippen LogP contribution in [0.2, 0.25) is 0 Å². The van der Waals surface area contributed by atoms with Crippen molar-refractivity contribution in [3.8, 4) is 0 Å². The predicted octanol–water partition coefficient (Wildman–Crippen LogP) is 3.98. The summed E-state index contributed by atoms with van der Waals surface area (Å²) in [6.45, 7) is 10.0. The number of amides is 1. The number of nitrogens with one attached hydrogen (secondary N) is 1. The summed E-state index contributed by atoms with van der Waals surface area (Å²) in [4.78, 5) is 17.3. The van der Waals surface area contributed by atoms with Gasteiger partial charge in [0.15, 0.2) is 0 Å². The fraction of sp³-hybridized carbons (Fsp3) is 0.435. The zero-order chi connectivity index (χ0) is 20.1. The summed E-state index contributed by atoms with van der Waals surface area (Å²) >= 11 is 0. The summed E-state index contributed by atoms with van der Waals surface area (Å²) in [6, 6.07) is 12.8. The Kier molecular flexibility index (Phi) is 6.81. The topological polar surface area (TPSA) is 35.6 Å². The maximum Gasteiger partial charge on any atom is 0.241 e. The van der Waals surface area contributed by atoms with Crippen LogP contribution in [0.1, 0.15) is 30.0 Å². The van der Waals surface area contributed by atoms with Crippen molar-refractivity contribution in [1.29, 1.82) is 0 Å². The van der Waals surface area contributed by atoms with Gasteiger partial charge >= 0.3 is 0 Å². The first-order valence-corrected chi connectivity index (χ1v) is 10.0. The van der Waals surface area contributed by atoms with Gasteiger partial charge in [0.2, 0.25) is 5.91 Å². The number of benzene rings is 2. The minimum absolute atomic E-state index is 0.0277. The molecule has 1 saturated heterocycles. The van der Waals surface area contributed by atoms with Crippen molar-refractivity contribution in [1.82, 2.24) is 9.80 Å². The van der Waals surface area contributed by atoms with E-state index in [2.05, 4.69) is 15.1 Å². The van der Waals surface area contributed by atoms with Gasteiger partial charge in [-0.25, -0.2) is 4.39 Å². The number of hydrogen-bond acceptors (Lipinski definition) is 3. The van der Waals surface area contributed by atoms with Crippen LogP contribution < -0.4 is 5.32 Å². The molecule has 0 radical (unpaired) electrons. The Bertz CT molecular complexity index is 803. The van der Waals surface area contributed by atoms with Crippen LogP contribution in [0, 0.1) is 19.7 Å². The van der Waals surface area contributed by atoms with Crippen molar-refractivity contribution in [3.05, 3.63) is 65.0 Å². The number of aryl methyl sites for hydroxylation is 2. The zero-order valence-corrected chi connectivity index (χ0v) is 17.0. The van der Waals surface area contributed by atoms with Crippen LogP contribution in [0.25, 0.3) is 0 Å². The van der Waals surface area contributed by atoms with Crippen LogP contribution in [0.5, 0.6) is 0 Å². The molecule has 1 unspecified atom stereocenters. The van der Waals surface area contributed by atoms with E-state index in [1.54, 1.807) is 6.07 Å². The maximum atomic E-state index is 13.9. The molecule has 1 aliphatic rings. The molecule has 1 N–H and O–H groups in total. The van der Waals surface area contributed by atoms with Gasteiger partial charge in [-0.15, -0.1) is 0 Å². The lowest BCUT2D eigenvalue weighted by Crippen LogP contribution is -2.44. The molecule has 0 saturated carbocycles. The van der Waals surface area contributed by atoms with Crippen LogP contribution in [-0.4, -0.2) is 47.9 Å². The van der Waals surface area contributed by atoms with E-state index in [9.17, 15) is 9.18 Å². The molecule has 2 aromatic carbocycles. The number of hydrogen-bond donors (Lipinski definition) is 1. The van der Waals surface area contributed by atoms with Crippen LogP contribution in [-0.2, 0) is 11.3 Å². The molecule has 0 bridgehead atoms. The van der Waals surface area contributed by atoms with Crippen molar-refractivity contribution in [2.45, 2.75) is 39.8 Å². The van der Waals surface area contributed by atoms with E-state index >= 15 is 0 Å². The minimum Gasteiger partial charge on any atom is -0.324 e. The van der Waals surface area contributed by atoms with E-state index in [0.29, 0.717) is 6.54 Å². The first-order chi connectivity index (χ1) is 13.5. The van der Waals surface area contributed by atoms with E-state index in [0.717, 1.165) is 55.0 Å². The standard InChI is InChI=1S/C23H30FN3O/c1-17-8-6-9-18(2)22(17)25-23(28)19(3)27-13-7-12-26(14-15-27)16-20-10-4-5-11-21(20)24/h4-6,8-11,19H,7,12-16H2,1-3H3,(H,25,28). The number of para-hydroxylation sites is 1. The first-order valence-electron chi connectivity index (χ1n) is 10.0. The molecule has 1 atom stereocenters. The smallest absolute Gasteiger partial charge is 0.241 e. The van der Waals surface area contributed by atoms with Gasteiger partial charge < -0.3 is 5.32 Å². The van der Waals surface area contributed by atoms with Gasteiger partial charge in [-0.1, -0.05) is 36.4 Å². The van der Waals surface area contributed by atoms with E-state index in [1.807, 2.05) is 51.1 Å². The zero-order valence-electron chi connectivity index (χ0n) is 17.0. The Morgan fingerprint density at radius 3 is 2.46 bits per heavy atom. The largest absolute Gasteiger partial charge is 0.324 e. The van der Waals surface area contributed by atoms with Crippen molar-refractivity contribution in [3.63, 3.8) is 0 Å². The molecule has 1 fully saturated rings.